The maximum absolute atomic E-state index is 13.0. The van der Waals surface area contributed by atoms with Crippen molar-refractivity contribution >= 4 is 29.1 Å². The van der Waals surface area contributed by atoms with Crippen molar-refractivity contribution in [2.24, 2.45) is 0 Å². The lowest BCUT2D eigenvalue weighted by molar-refractivity contribution is 0.0763. The first-order valence-electron chi connectivity index (χ1n) is 11.2. The Morgan fingerprint density at radius 1 is 1.12 bits per heavy atom. The summed E-state index contributed by atoms with van der Waals surface area (Å²) in [5.41, 5.74) is 2.96. The summed E-state index contributed by atoms with van der Waals surface area (Å²) in [5, 5.41) is 3.61. The van der Waals surface area contributed by atoms with Crippen molar-refractivity contribution in [1.82, 2.24) is 29.3 Å². The fourth-order valence-corrected chi connectivity index (χ4v) is 4.43. The molecular formula is C24H30ClN7O. The molecule has 0 bridgehead atoms. The number of halogens is 1. The Labute approximate surface area is 199 Å². The van der Waals surface area contributed by atoms with Gasteiger partial charge < -0.3 is 19.7 Å². The number of aromatic nitrogens is 4. The third-order valence-corrected chi connectivity index (χ3v) is 6.19. The number of anilines is 2. The molecule has 1 fully saturated rings. The van der Waals surface area contributed by atoms with Crippen LogP contribution in [0.5, 0.6) is 0 Å². The maximum atomic E-state index is 13.0. The van der Waals surface area contributed by atoms with E-state index in [4.69, 9.17) is 11.6 Å². The first kappa shape index (κ1) is 23.2. The van der Waals surface area contributed by atoms with Crippen molar-refractivity contribution < 1.29 is 4.79 Å². The summed E-state index contributed by atoms with van der Waals surface area (Å²) in [7, 11) is 2.08. The number of carbonyl (C=O) groups is 1. The standard InChI is InChI=1S/C24H30ClN7O/c1-16(2)32-17(3)27-15-22(32)21-8-9-26-24(29-21)28-18-6-7-19(20(25)14-18)23(33)31-11-5-10-30(4)12-13-31/h6-9,14-16H,5,10-13H2,1-4H3,(H,26,28,29). The molecule has 174 valence electrons. The number of rotatable bonds is 5. The molecule has 33 heavy (non-hydrogen) atoms. The summed E-state index contributed by atoms with van der Waals surface area (Å²) in [6.07, 6.45) is 4.51. The van der Waals surface area contributed by atoms with Gasteiger partial charge in [-0.15, -0.1) is 0 Å². The van der Waals surface area contributed by atoms with Gasteiger partial charge in [-0.3, -0.25) is 4.79 Å². The predicted octanol–water partition coefficient (Wildman–Crippen LogP) is 4.40. The predicted molar refractivity (Wildman–Crippen MR) is 131 cm³/mol. The number of nitrogens with one attached hydrogen (secondary N) is 1. The summed E-state index contributed by atoms with van der Waals surface area (Å²) >= 11 is 6.51. The zero-order chi connectivity index (χ0) is 23.5. The number of nitrogens with zero attached hydrogens (tertiary/aromatic N) is 6. The molecule has 0 atom stereocenters. The van der Waals surface area contributed by atoms with Crippen LogP contribution in [0.25, 0.3) is 11.4 Å². The van der Waals surface area contributed by atoms with Crippen LogP contribution in [0.1, 0.15) is 42.5 Å². The molecule has 4 rings (SSSR count). The Bertz CT molecular complexity index is 1140. The van der Waals surface area contributed by atoms with Crippen LogP contribution in [-0.4, -0.2) is 68.5 Å². The first-order chi connectivity index (χ1) is 15.8. The summed E-state index contributed by atoms with van der Waals surface area (Å²) in [6, 6.07) is 7.48. The van der Waals surface area contributed by atoms with Crippen LogP contribution < -0.4 is 5.32 Å². The molecule has 3 heterocycles. The van der Waals surface area contributed by atoms with Crippen LogP contribution in [0.3, 0.4) is 0 Å². The van der Waals surface area contributed by atoms with Crippen LogP contribution in [0.4, 0.5) is 11.6 Å². The van der Waals surface area contributed by atoms with E-state index < -0.39 is 0 Å². The number of carbonyl (C=O) groups excluding carboxylic acids is 1. The Morgan fingerprint density at radius 2 is 1.94 bits per heavy atom. The van der Waals surface area contributed by atoms with Gasteiger partial charge in [-0.2, -0.15) is 0 Å². The lowest BCUT2D eigenvalue weighted by Crippen LogP contribution is -2.34. The van der Waals surface area contributed by atoms with Gasteiger partial charge in [-0.25, -0.2) is 15.0 Å². The molecule has 1 N–H and O–H groups in total. The molecule has 0 saturated carbocycles. The van der Waals surface area contributed by atoms with E-state index in [2.05, 4.69) is 50.6 Å². The zero-order valence-electron chi connectivity index (χ0n) is 19.5. The minimum atomic E-state index is -0.0302. The van der Waals surface area contributed by atoms with Gasteiger partial charge in [0.25, 0.3) is 5.91 Å². The smallest absolute Gasteiger partial charge is 0.255 e. The van der Waals surface area contributed by atoms with Gasteiger partial charge >= 0.3 is 0 Å². The quantitative estimate of drug-likeness (QED) is 0.599. The molecule has 1 amide bonds. The SMILES string of the molecule is Cc1ncc(-c2ccnc(Nc3ccc(C(=O)N4CCCN(C)CC4)c(Cl)c3)n2)n1C(C)C. The minimum Gasteiger partial charge on any atom is -0.337 e. The summed E-state index contributed by atoms with van der Waals surface area (Å²) < 4.78 is 2.14. The van der Waals surface area contributed by atoms with Gasteiger partial charge in [0.2, 0.25) is 5.95 Å². The molecular weight excluding hydrogens is 438 g/mol. The number of hydrogen-bond acceptors (Lipinski definition) is 6. The number of aryl methyl sites for hydroxylation is 1. The van der Waals surface area contributed by atoms with Crippen LogP contribution in [0.2, 0.25) is 5.02 Å². The number of imidazole rings is 1. The third-order valence-electron chi connectivity index (χ3n) is 5.88. The van der Waals surface area contributed by atoms with Crippen LogP contribution in [0, 0.1) is 6.92 Å². The van der Waals surface area contributed by atoms with Gasteiger partial charge in [0, 0.05) is 37.6 Å². The van der Waals surface area contributed by atoms with Crippen LogP contribution in [0.15, 0.2) is 36.7 Å². The van der Waals surface area contributed by atoms with E-state index in [0.717, 1.165) is 49.0 Å². The molecule has 0 unspecified atom stereocenters. The molecule has 0 aliphatic carbocycles. The van der Waals surface area contributed by atoms with Gasteiger partial charge in [0.05, 0.1) is 28.2 Å². The van der Waals surface area contributed by atoms with Gasteiger partial charge in [-0.05, 0) is 65.0 Å². The van der Waals surface area contributed by atoms with E-state index in [9.17, 15) is 4.79 Å². The second kappa shape index (κ2) is 9.89. The Balaban J connectivity index is 1.52. The van der Waals surface area contributed by atoms with E-state index in [1.54, 1.807) is 18.3 Å². The van der Waals surface area contributed by atoms with Crippen molar-refractivity contribution in [3.8, 4) is 11.4 Å². The zero-order valence-corrected chi connectivity index (χ0v) is 20.3. The van der Waals surface area contributed by atoms with Gasteiger partial charge in [0.15, 0.2) is 0 Å². The molecule has 1 aliphatic rings. The summed E-state index contributed by atoms with van der Waals surface area (Å²) in [4.78, 5) is 30.6. The van der Waals surface area contributed by atoms with Crippen molar-refractivity contribution in [3.63, 3.8) is 0 Å². The Kier molecular flexibility index (Phi) is 6.95. The first-order valence-corrected chi connectivity index (χ1v) is 11.6. The van der Waals surface area contributed by atoms with E-state index in [1.807, 2.05) is 30.2 Å². The molecule has 2 aromatic heterocycles. The highest BCUT2D eigenvalue weighted by atomic mass is 35.5. The van der Waals surface area contributed by atoms with E-state index in [0.29, 0.717) is 23.1 Å². The molecule has 3 aromatic rings. The van der Waals surface area contributed by atoms with Gasteiger partial charge in [-0.1, -0.05) is 11.6 Å². The molecule has 0 radical (unpaired) electrons. The Morgan fingerprint density at radius 3 is 2.70 bits per heavy atom. The van der Waals surface area contributed by atoms with E-state index >= 15 is 0 Å². The highest BCUT2D eigenvalue weighted by Gasteiger charge is 2.21. The highest BCUT2D eigenvalue weighted by molar-refractivity contribution is 6.34. The van der Waals surface area contributed by atoms with Crippen LogP contribution in [-0.2, 0) is 0 Å². The summed E-state index contributed by atoms with van der Waals surface area (Å²) in [5.74, 6) is 1.36. The number of amides is 1. The van der Waals surface area contributed by atoms with Crippen molar-refractivity contribution in [3.05, 3.63) is 53.1 Å². The average Bonchev–Trinajstić information content (AvgIpc) is 3.04. The minimum absolute atomic E-state index is 0.0302. The van der Waals surface area contributed by atoms with Crippen molar-refractivity contribution in [1.29, 1.82) is 0 Å². The van der Waals surface area contributed by atoms with Crippen molar-refractivity contribution in [2.45, 2.75) is 33.2 Å². The normalized spacial score (nSPS) is 15.0. The lowest BCUT2D eigenvalue weighted by atomic mass is 10.1. The lowest BCUT2D eigenvalue weighted by Gasteiger charge is -2.21. The molecule has 1 saturated heterocycles. The highest BCUT2D eigenvalue weighted by Crippen LogP contribution is 2.26. The molecule has 8 nitrogen and oxygen atoms in total. The topological polar surface area (TPSA) is 79.2 Å². The molecule has 1 aliphatic heterocycles. The second-order valence-electron chi connectivity index (χ2n) is 8.69. The molecule has 0 spiro atoms. The number of likely N-dealkylation sites (N-methyl/N-ethyl adjacent to an activating group) is 1. The van der Waals surface area contributed by atoms with Crippen molar-refractivity contribution in [2.75, 3.05) is 38.5 Å². The maximum Gasteiger partial charge on any atom is 0.255 e. The second-order valence-corrected chi connectivity index (χ2v) is 9.10. The fourth-order valence-electron chi connectivity index (χ4n) is 4.17. The van der Waals surface area contributed by atoms with E-state index in [-0.39, 0.29) is 11.9 Å². The van der Waals surface area contributed by atoms with Crippen LogP contribution >= 0.6 is 11.6 Å². The third kappa shape index (κ3) is 5.17. The average molecular weight is 468 g/mol. The van der Waals surface area contributed by atoms with E-state index in [1.165, 1.54) is 0 Å². The Hall–Kier alpha value is -2.97. The fraction of sp³-hybridized carbons (Fsp3) is 0.417. The number of hydrogen-bond donors (Lipinski definition) is 1. The number of benzene rings is 1. The largest absolute Gasteiger partial charge is 0.337 e. The van der Waals surface area contributed by atoms with Gasteiger partial charge in [0.1, 0.15) is 5.82 Å². The monoisotopic (exact) mass is 467 g/mol. The molecule has 1 aromatic carbocycles. The summed E-state index contributed by atoms with van der Waals surface area (Å²) in [6.45, 7) is 9.54. The molecule has 9 heteroatoms.